The number of tetrazole rings is 1. The first-order valence-electron chi connectivity index (χ1n) is 11.8. The molecule has 3 N–H and O–H groups in total. The molecule has 6 unspecified atom stereocenters. The molecule has 3 aliphatic rings. The average molecular weight is 455 g/mol. The highest BCUT2D eigenvalue weighted by atomic mass is 16.4. The lowest BCUT2D eigenvalue weighted by Crippen LogP contribution is -2.54. The number of benzene rings is 1. The standard InChI is InChI=1S/C23H30N6O4/c30-22(31)17-9-19(29-26-21(25-27-29)14-4-2-1-3-5-14)13-28(12-17)18-7-6-15-11-24-20(23(32)33)10-16(15)8-18/h1-5,15-20,24H,6-13H2,(H,30,31)(H,32,33). The van der Waals surface area contributed by atoms with Crippen molar-refractivity contribution in [1.82, 2.24) is 30.4 Å². The van der Waals surface area contributed by atoms with Gasteiger partial charge in [0, 0.05) is 24.7 Å². The largest absolute Gasteiger partial charge is 0.481 e. The Morgan fingerprint density at radius 3 is 2.52 bits per heavy atom. The van der Waals surface area contributed by atoms with Crippen LogP contribution in [0.4, 0.5) is 0 Å². The van der Waals surface area contributed by atoms with Crippen LogP contribution in [0.25, 0.3) is 11.4 Å². The second-order valence-corrected chi connectivity index (χ2v) is 9.70. The quantitative estimate of drug-likeness (QED) is 0.615. The van der Waals surface area contributed by atoms with Crippen molar-refractivity contribution in [2.45, 2.75) is 50.2 Å². The summed E-state index contributed by atoms with van der Waals surface area (Å²) >= 11 is 0. The summed E-state index contributed by atoms with van der Waals surface area (Å²) in [5, 5.41) is 35.4. The lowest BCUT2D eigenvalue weighted by molar-refractivity contribution is -0.146. The Morgan fingerprint density at radius 1 is 0.939 bits per heavy atom. The molecule has 3 fully saturated rings. The lowest BCUT2D eigenvalue weighted by Gasteiger charge is -2.47. The van der Waals surface area contributed by atoms with Gasteiger partial charge in [-0.05, 0) is 55.7 Å². The third kappa shape index (κ3) is 4.63. The fraction of sp³-hybridized carbons (Fsp3) is 0.609. The Kier molecular flexibility index (Phi) is 6.11. The number of hydrogen-bond acceptors (Lipinski definition) is 7. The average Bonchev–Trinajstić information content (AvgIpc) is 3.34. The van der Waals surface area contributed by atoms with Gasteiger partial charge >= 0.3 is 11.9 Å². The molecule has 5 rings (SSSR count). The van der Waals surface area contributed by atoms with Crippen LogP contribution < -0.4 is 5.32 Å². The molecule has 1 aliphatic carbocycles. The Morgan fingerprint density at radius 2 is 1.76 bits per heavy atom. The van der Waals surface area contributed by atoms with E-state index in [2.05, 4.69) is 25.6 Å². The van der Waals surface area contributed by atoms with Gasteiger partial charge in [-0.15, -0.1) is 10.2 Å². The minimum absolute atomic E-state index is 0.165. The molecule has 2 aromatic rings. The molecule has 3 heterocycles. The summed E-state index contributed by atoms with van der Waals surface area (Å²) in [5.74, 6) is -0.690. The van der Waals surface area contributed by atoms with E-state index in [1.807, 2.05) is 30.3 Å². The molecule has 0 spiro atoms. The van der Waals surface area contributed by atoms with E-state index >= 15 is 0 Å². The number of carboxylic acid groups (broad SMARTS) is 2. The number of aromatic nitrogens is 4. The summed E-state index contributed by atoms with van der Waals surface area (Å²) in [6.07, 6.45) is 4.06. The fourth-order valence-corrected chi connectivity index (χ4v) is 5.89. The first-order valence-corrected chi connectivity index (χ1v) is 11.8. The fourth-order valence-electron chi connectivity index (χ4n) is 5.89. The molecular weight excluding hydrogens is 424 g/mol. The molecule has 176 valence electrons. The molecule has 0 bridgehead atoms. The number of rotatable bonds is 5. The number of likely N-dealkylation sites (tertiary alicyclic amines) is 1. The van der Waals surface area contributed by atoms with Crippen LogP contribution in [0.2, 0.25) is 0 Å². The van der Waals surface area contributed by atoms with Gasteiger partial charge in [0.15, 0.2) is 0 Å². The van der Waals surface area contributed by atoms with E-state index in [9.17, 15) is 19.8 Å². The van der Waals surface area contributed by atoms with Crippen molar-refractivity contribution in [2.75, 3.05) is 19.6 Å². The van der Waals surface area contributed by atoms with Gasteiger partial charge in [0.1, 0.15) is 6.04 Å². The zero-order valence-corrected chi connectivity index (χ0v) is 18.5. The number of fused-ring (bicyclic) bond motifs is 1. The highest BCUT2D eigenvalue weighted by Gasteiger charge is 2.42. The van der Waals surface area contributed by atoms with E-state index in [1.165, 1.54) is 0 Å². The maximum atomic E-state index is 12.0. The molecule has 0 radical (unpaired) electrons. The van der Waals surface area contributed by atoms with E-state index < -0.39 is 23.9 Å². The van der Waals surface area contributed by atoms with Crippen molar-refractivity contribution in [3.8, 4) is 11.4 Å². The van der Waals surface area contributed by atoms with E-state index in [-0.39, 0.29) is 12.1 Å². The lowest BCUT2D eigenvalue weighted by atomic mass is 9.71. The molecule has 10 nitrogen and oxygen atoms in total. The predicted octanol–water partition coefficient (Wildman–Crippen LogP) is 1.52. The molecule has 1 aromatic heterocycles. The Hall–Kier alpha value is -2.85. The van der Waals surface area contributed by atoms with Crippen LogP contribution in [0.3, 0.4) is 0 Å². The van der Waals surface area contributed by atoms with Crippen LogP contribution in [0.15, 0.2) is 30.3 Å². The number of piperidine rings is 2. The van der Waals surface area contributed by atoms with Crippen molar-refractivity contribution in [3.63, 3.8) is 0 Å². The monoisotopic (exact) mass is 454 g/mol. The SMILES string of the molecule is O=C(O)C1CC(n2nnc(-c3ccccc3)n2)CN(C2CCC3CNC(C(=O)O)CC3C2)C1. The van der Waals surface area contributed by atoms with Crippen molar-refractivity contribution in [2.24, 2.45) is 17.8 Å². The molecular formula is C23H30N6O4. The van der Waals surface area contributed by atoms with Crippen LogP contribution in [-0.4, -0.2) is 79.0 Å². The zero-order valence-electron chi connectivity index (χ0n) is 18.5. The molecule has 6 atom stereocenters. The molecule has 1 aromatic carbocycles. The van der Waals surface area contributed by atoms with Gasteiger partial charge in [0.25, 0.3) is 0 Å². The number of nitrogens with zero attached hydrogens (tertiary/aromatic N) is 5. The third-order valence-electron chi connectivity index (χ3n) is 7.68. The van der Waals surface area contributed by atoms with Gasteiger partial charge in [-0.3, -0.25) is 14.5 Å². The highest BCUT2D eigenvalue weighted by Crippen LogP contribution is 2.39. The third-order valence-corrected chi connectivity index (χ3v) is 7.68. The molecule has 2 aliphatic heterocycles. The summed E-state index contributed by atoms with van der Waals surface area (Å²) in [7, 11) is 0. The van der Waals surface area contributed by atoms with Gasteiger partial charge < -0.3 is 15.5 Å². The van der Waals surface area contributed by atoms with E-state index in [4.69, 9.17) is 0 Å². The second-order valence-electron chi connectivity index (χ2n) is 9.70. The van der Waals surface area contributed by atoms with E-state index in [0.717, 1.165) is 31.4 Å². The number of carbonyl (C=O) groups is 2. The summed E-state index contributed by atoms with van der Waals surface area (Å²) < 4.78 is 0. The topological polar surface area (TPSA) is 133 Å². The number of carboxylic acids is 2. The number of nitrogens with one attached hydrogen (secondary N) is 1. The molecule has 33 heavy (non-hydrogen) atoms. The first kappa shape index (κ1) is 22.0. The van der Waals surface area contributed by atoms with Crippen LogP contribution in [0, 0.1) is 17.8 Å². The van der Waals surface area contributed by atoms with Crippen LogP contribution in [0.1, 0.15) is 38.1 Å². The second kappa shape index (κ2) is 9.18. The Bertz CT molecular complexity index is 998. The van der Waals surface area contributed by atoms with Crippen molar-refractivity contribution in [3.05, 3.63) is 30.3 Å². The van der Waals surface area contributed by atoms with E-state index in [1.54, 1.807) is 4.80 Å². The maximum absolute atomic E-state index is 12.0. The summed E-state index contributed by atoms with van der Waals surface area (Å²) in [6.45, 7) is 1.94. The number of hydrogen-bond donors (Lipinski definition) is 3. The van der Waals surface area contributed by atoms with Crippen molar-refractivity contribution in [1.29, 1.82) is 0 Å². The maximum Gasteiger partial charge on any atom is 0.320 e. The predicted molar refractivity (Wildman–Crippen MR) is 118 cm³/mol. The van der Waals surface area contributed by atoms with Gasteiger partial charge in [-0.25, -0.2) is 0 Å². The van der Waals surface area contributed by atoms with Crippen LogP contribution >= 0.6 is 0 Å². The smallest absolute Gasteiger partial charge is 0.320 e. The van der Waals surface area contributed by atoms with Gasteiger partial charge in [0.2, 0.25) is 5.82 Å². The summed E-state index contributed by atoms with van der Waals surface area (Å²) in [6, 6.07) is 9.23. The minimum Gasteiger partial charge on any atom is -0.481 e. The summed E-state index contributed by atoms with van der Waals surface area (Å²) in [5.41, 5.74) is 0.878. The first-order chi connectivity index (χ1) is 16.0. The molecule has 10 heteroatoms. The van der Waals surface area contributed by atoms with Crippen LogP contribution in [-0.2, 0) is 9.59 Å². The van der Waals surface area contributed by atoms with E-state index in [0.29, 0.717) is 43.6 Å². The molecule has 1 saturated carbocycles. The van der Waals surface area contributed by atoms with Gasteiger partial charge in [0.05, 0.1) is 12.0 Å². The van der Waals surface area contributed by atoms with Crippen LogP contribution in [0.5, 0.6) is 0 Å². The van der Waals surface area contributed by atoms with Gasteiger partial charge in [-0.2, -0.15) is 4.80 Å². The normalized spacial score (nSPS) is 32.7. The zero-order chi connectivity index (χ0) is 22.9. The van der Waals surface area contributed by atoms with Crippen molar-refractivity contribution >= 4 is 11.9 Å². The molecule has 2 saturated heterocycles. The molecule has 0 amide bonds. The Balaban J connectivity index is 1.31. The highest BCUT2D eigenvalue weighted by molar-refractivity contribution is 5.73. The minimum atomic E-state index is -0.797. The van der Waals surface area contributed by atoms with Crippen molar-refractivity contribution < 1.29 is 19.8 Å². The Labute approximate surface area is 192 Å². The van der Waals surface area contributed by atoms with Gasteiger partial charge in [-0.1, -0.05) is 30.3 Å². The summed E-state index contributed by atoms with van der Waals surface area (Å²) in [4.78, 5) is 27.3. The number of aliphatic carboxylic acids is 2.